The number of halogens is 1. The summed E-state index contributed by atoms with van der Waals surface area (Å²) >= 11 is 5.80. The molecule has 0 aliphatic rings. The van der Waals surface area contributed by atoms with E-state index in [9.17, 15) is 13.2 Å². The minimum absolute atomic E-state index is 0.0254. The van der Waals surface area contributed by atoms with Gasteiger partial charge in [-0.2, -0.15) is 8.42 Å². The first kappa shape index (κ1) is 15.5. The highest BCUT2D eigenvalue weighted by Crippen LogP contribution is 2.26. The minimum atomic E-state index is -3.71. The Kier molecular flexibility index (Phi) is 4.34. The number of rotatable bonds is 4. The Labute approximate surface area is 128 Å². The molecule has 110 valence electrons. The molecular formula is C15H13ClO4S. The van der Waals surface area contributed by atoms with E-state index in [4.69, 9.17) is 15.8 Å². The predicted octanol–water partition coefficient (Wildman–Crippen LogP) is 3.22. The van der Waals surface area contributed by atoms with Gasteiger partial charge in [0.2, 0.25) is 0 Å². The van der Waals surface area contributed by atoms with Crippen molar-refractivity contribution in [2.45, 2.75) is 6.92 Å². The number of carbonyl (C=O) groups is 1. The third kappa shape index (κ3) is 3.83. The number of benzene rings is 2. The van der Waals surface area contributed by atoms with Crippen LogP contribution in [0.4, 0.5) is 0 Å². The normalized spacial score (nSPS) is 11.2. The Morgan fingerprint density at radius 1 is 1.10 bits per heavy atom. The number of aryl methyl sites for hydroxylation is 1. The van der Waals surface area contributed by atoms with Gasteiger partial charge in [0.25, 0.3) is 0 Å². The second-order valence-corrected chi connectivity index (χ2v) is 6.58. The summed E-state index contributed by atoms with van der Waals surface area (Å²) in [5.41, 5.74) is 1.27. The fourth-order valence-corrected chi connectivity index (χ4v) is 2.50. The van der Waals surface area contributed by atoms with Crippen LogP contribution in [0.1, 0.15) is 21.5 Å². The van der Waals surface area contributed by atoms with E-state index in [1.54, 1.807) is 43.3 Å². The van der Waals surface area contributed by atoms with E-state index >= 15 is 0 Å². The minimum Gasteiger partial charge on any atom is -0.382 e. The molecule has 0 saturated carbocycles. The van der Waals surface area contributed by atoms with E-state index in [0.29, 0.717) is 16.1 Å². The van der Waals surface area contributed by atoms with Crippen LogP contribution in [0.2, 0.25) is 5.02 Å². The average Bonchev–Trinajstić information content (AvgIpc) is 2.37. The zero-order valence-electron chi connectivity index (χ0n) is 11.5. The Morgan fingerprint density at radius 3 is 2.29 bits per heavy atom. The van der Waals surface area contributed by atoms with Crippen molar-refractivity contribution in [1.82, 2.24) is 0 Å². The highest BCUT2D eigenvalue weighted by Gasteiger charge is 2.19. The van der Waals surface area contributed by atoms with Crippen LogP contribution in [0.15, 0.2) is 42.5 Å². The van der Waals surface area contributed by atoms with Crippen LogP contribution in [0, 0.1) is 6.92 Å². The number of ketones is 1. The molecule has 2 aromatic rings. The Balaban J connectivity index is 2.52. The standard InChI is InChI=1S/C15H13ClO4S/c1-10-4-3-5-13(20-21(2,18)19)14(10)15(17)11-6-8-12(16)9-7-11/h3-9H,1-2H3. The summed E-state index contributed by atoms with van der Waals surface area (Å²) in [6, 6.07) is 11.2. The van der Waals surface area contributed by atoms with E-state index in [0.717, 1.165) is 6.26 Å². The SMILES string of the molecule is Cc1cccc(OS(C)(=O)=O)c1C(=O)c1ccc(Cl)cc1. The summed E-state index contributed by atoms with van der Waals surface area (Å²) in [5.74, 6) is -0.291. The second-order valence-electron chi connectivity index (χ2n) is 4.57. The van der Waals surface area contributed by atoms with Crippen molar-refractivity contribution >= 4 is 27.5 Å². The van der Waals surface area contributed by atoms with Crippen LogP contribution in [-0.2, 0) is 10.1 Å². The van der Waals surface area contributed by atoms with Gasteiger partial charge in [-0.3, -0.25) is 4.79 Å². The molecule has 0 amide bonds. The largest absolute Gasteiger partial charge is 0.382 e. The molecule has 0 radical (unpaired) electrons. The molecule has 0 spiro atoms. The molecule has 0 aliphatic heterocycles. The lowest BCUT2D eigenvalue weighted by Gasteiger charge is -2.11. The van der Waals surface area contributed by atoms with Gasteiger partial charge in [-0.25, -0.2) is 0 Å². The van der Waals surface area contributed by atoms with Crippen LogP contribution in [0.5, 0.6) is 5.75 Å². The first-order valence-corrected chi connectivity index (χ1v) is 8.27. The van der Waals surface area contributed by atoms with Crippen molar-refractivity contribution in [3.63, 3.8) is 0 Å². The highest BCUT2D eigenvalue weighted by molar-refractivity contribution is 7.86. The molecule has 4 nitrogen and oxygen atoms in total. The molecule has 0 heterocycles. The van der Waals surface area contributed by atoms with Gasteiger partial charge in [-0.1, -0.05) is 23.7 Å². The number of hydrogen-bond donors (Lipinski definition) is 0. The molecule has 21 heavy (non-hydrogen) atoms. The molecule has 2 rings (SSSR count). The maximum atomic E-state index is 12.6. The zero-order valence-corrected chi connectivity index (χ0v) is 13.0. The molecule has 0 saturated heterocycles. The molecule has 2 aromatic carbocycles. The maximum absolute atomic E-state index is 12.6. The van der Waals surface area contributed by atoms with Gasteiger partial charge in [-0.05, 0) is 42.8 Å². The molecule has 0 bridgehead atoms. The quantitative estimate of drug-likeness (QED) is 0.640. The van der Waals surface area contributed by atoms with Crippen LogP contribution >= 0.6 is 11.6 Å². The van der Waals surface area contributed by atoms with Gasteiger partial charge in [0.05, 0.1) is 11.8 Å². The van der Waals surface area contributed by atoms with Crippen molar-refractivity contribution in [3.8, 4) is 5.75 Å². The molecule has 0 aromatic heterocycles. The van der Waals surface area contributed by atoms with Crippen molar-refractivity contribution in [2.24, 2.45) is 0 Å². The van der Waals surface area contributed by atoms with Gasteiger partial charge in [0, 0.05) is 10.6 Å². The lowest BCUT2D eigenvalue weighted by atomic mass is 9.98. The molecule has 0 fully saturated rings. The van der Waals surface area contributed by atoms with Crippen LogP contribution in [-0.4, -0.2) is 20.5 Å². The molecule has 0 N–H and O–H groups in total. The summed E-state index contributed by atoms with van der Waals surface area (Å²) in [5, 5.41) is 0.518. The maximum Gasteiger partial charge on any atom is 0.306 e. The summed E-state index contributed by atoms with van der Waals surface area (Å²) in [4.78, 5) is 12.6. The first-order chi connectivity index (χ1) is 9.78. The molecule has 6 heteroatoms. The Bertz CT molecular complexity index is 780. The second kappa shape index (κ2) is 5.87. The lowest BCUT2D eigenvalue weighted by molar-refractivity contribution is 0.103. The Morgan fingerprint density at radius 2 is 1.71 bits per heavy atom. The summed E-state index contributed by atoms with van der Waals surface area (Å²) in [6.45, 7) is 1.72. The highest BCUT2D eigenvalue weighted by atomic mass is 35.5. The lowest BCUT2D eigenvalue weighted by Crippen LogP contribution is -2.12. The fraction of sp³-hybridized carbons (Fsp3) is 0.133. The fourth-order valence-electron chi connectivity index (χ4n) is 1.91. The molecular weight excluding hydrogens is 312 g/mol. The van der Waals surface area contributed by atoms with E-state index in [-0.39, 0.29) is 17.1 Å². The van der Waals surface area contributed by atoms with Gasteiger partial charge in [0.15, 0.2) is 11.5 Å². The van der Waals surface area contributed by atoms with E-state index < -0.39 is 10.1 Å². The molecule has 0 atom stereocenters. The monoisotopic (exact) mass is 324 g/mol. The summed E-state index contributed by atoms with van der Waals surface area (Å²) in [6.07, 6.45) is 0.936. The van der Waals surface area contributed by atoms with Gasteiger partial charge in [0.1, 0.15) is 0 Å². The van der Waals surface area contributed by atoms with Crippen molar-refractivity contribution in [2.75, 3.05) is 6.26 Å². The number of carbonyl (C=O) groups excluding carboxylic acids is 1. The Hall–Kier alpha value is -1.85. The average molecular weight is 325 g/mol. The summed E-state index contributed by atoms with van der Waals surface area (Å²) in [7, 11) is -3.71. The van der Waals surface area contributed by atoms with Gasteiger partial charge < -0.3 is 4.18 Å². The predicted molar refractivity (Wildman–Crippen MR) is 81.5 cm³/mol. The van der Waals surface area contributed by atoms with Crippen molar-refractivity contribution < 1.29 is 17.4 Å². The van der Waals surface area contributed by atoms with E-state index in [1.165, 1.54) is 6.07 Å². The van der Waals surface area contributed by atoms with Crippen molar-refractivity contribution in [1.29, 1.82) is 0 Å². The summed E-state index contributed by atoms with van der Waals surface area (Å²) < 4.78 is 27.5. The van der Waals surface area contributed by atoms with Gasteiger partial charge in [-0.15, -0.1) is 0 Å². The molecule has 0 unspecified atom stereocenters. The first-order valence-electron chi connectivity index (χ1n) is 6.07. The topological polar surface area (TPSA) is 60.4 Å². The van der Waals surface area contributed by atoms with E-state index in [1.807, 2.05) is 0 Å². The number of hydrogen-bond acceptors (Lipinski definition) is 4. The zero-order chi connectivity index (χ0) is 15.6. The molecule has 0 aliphatic carbocycles. The third-order valence-electron chi connectivity index (χ3n) is 2.81. The van der Waals surface area contributed by atoms with Crippen LogP contribution in [0.3, 0.4) is 0 Å². The third-order valence-corrected chi connectivity index (χ3v) is 3.54. The van der Waals surface area contributed by atoms with E-state index in [2.05, 4.69) is 0 Å². The van der Waals surface area contributed by atoms with Gasteiger partial charge >= 0.3 is 10.1 Å². The smallest absolute Gasteiger partial charge is 0.306 e. The van der Waals surface area contributed by atoms with Crippen molar-refractivity contribution in [3.05, 3.63) is 64.2 Å². The van der Waals surface area contributed by atoms with Crippen LogP contribution < -0.4 is 4.18 Å². The van der Waals surface area contributed by atoms with Crippen LogP contribution in [0.25, 0.3) is 0 Å².